The van der Waals surface area contributed by atoms with Crippen LogP contribution in [0.15, 0.2) is 0 Å². The Morgan fingerprint density at radius 1 is 1.67 bits per heavy atom. The molecule has 1 saturated heterocycles. The van der Waals surface area contributed by atoms with E-state index < -0.39 is 5.54 Å². The zero-order valence-electron chi connectivity index (χ0n) is 9.49. The van der Waals surface area contributed by atoms with E-state index in [0.29, 0.717) is 31.9 Å². The number of hydrogen-bond donors (Lipinski definition) is 2. The molecule has 86 valence electrons. The molecule has 1 rings (SSSR count). The molecule has 4 heteroatoms. The van der Waals surface area contributed by atoms with Gasteiger partial charge in [0.1, 0.15) is 5.54 Å². The van der Waals surface area contributed by atoms with Crippen molar-refractivity contribution in [1.29, 1.82) is 5.26 Å². The summed E-state index contributed by atoms with van der Waals surface area (Å²) < 4.78 is 5.62. The Morgan fingerprint density at radius 3 is 2.93 bits per heavy atom. The fraction of sp³-hybridized carbons (Fsp3) is 0.909. The van der Waals surface area contributed by atoms with Crippen LogP contribution in [0.1, 0.15) is 26.7 Å². The molecule has 0 aromatic heterocycles. The fourth-order valence-corrected chi connectivity index (χ4v) is 1.91. The highest BCUT2D eigenvalue weighted by atomic mass is 16.5. The minimum atomic E-state index is -0.504. The summed E-state index contributed by atoms with van der Waals surface area (Å²) in [6.07, 6.45) is 1.55. The number of nitriles is 1. The molecule has 2 unspecified atom stereocenters. The van der Waals surface area contributed by atoms with Crippen molar-refractivity contribution in [3.8, 4) is 6.07 Å². The molecule has 2 atom stereocenters. The summed E-state index contributed by atoms with van der Waals surface area (Å²) in [5, 5.41) is 21.1. The molecule has 1 aliphatic heterocycles. The molecule has 0 aromatic rings. The lowest BCUT2D eigenvalue weighted by Gasteiger charge is -2.38. The molecule has 0 saturated carbocycles. The van der Waals surface area contributed by atoms with E-state index in [-0.39, 0.29) is 12.7 Å². The normalized spacial score (nSPS) is 31.5. The van der Waals surface area contributed by atoms with E-state index in [1.807, 2.05) is 0 Å². The van der Waals surface area contributed by atoms with E-state index in [9.17, 15) is 5.26 Å². The third kappa shape index (κ3) is 3.16. The van der Waals surface area contributed by atoms with Crippen LogP contribution in [0.3, 0.4) is 0 Å². The zero-order chi connectivity index (χ0) is 11.3. The summed E-state index contributed by atoms with van der Waals surface area (Å²) in [5.74, 6) is 0.425. The fourth-order valence-electron chi connectivity index (χ4n) is 1.91. The summed E-state index contributed by atoms with van der Waals surface area (Å²) in [6.45, 7) is 5.36. The number of rotatable bonds is 4. The highest BCUT2D eigenvalue weighted by Crippen LogP contribution is 2.27. The van der Waals surface area contributed by atoms with Crippen molar-refractivity contribution in [2.75, 3.05) is 19.8 Å². The van der Waals surface area contributed by atoms with Crippen LogP contribution in [0.2, 0.25) is 0 Å². The van der Waals surface area contributed by atoms with Gasteiger partial charge in [-0.2, -0.15) is 5.26 Å². The van der Waals surface area contributed by atoms with Crippen molar-refractivity contribution in [1.82, 2.24) is 5.32 Å². The number of aliphatic hydroxyl groups is 1. The van der Waals surface area contributed by atoms with Crippen molar-refractivity contribution in [2.45, 2.75) is 38.3 Å². The Labute approximate surface area is 91.2 Å². The van der Waals surface area contributed by atoms with Gasteiger partial charge in [-0.3, -0.25) is 5.32 Å². The molecule has 0 amide bonds. The number of nitrogens with zero attached hydrogens (tertiary/aromatic N) is 1. The van der Waals surface area contributed by atoms with Gasteiger partial charge in [0.25, 0.3) is 0 Å². The van der Waals surface area contributed by atoms with Crippen LogP contribution >= 0.6 is 0 Å². The monoisotopic (exact) mass is 212 g/mol. The molecule has 1 aliphatic rings. The van der Waals surface area contributed by atoms with Gasteiger partial charge in [0.05, 0.1) is 18.8 Å². The second kappa shape index (κ2) is 5.45. The maximum Gasteiger partial charge on any atom is 0.111 e. The number of nitrogens with one attached hydrogen (secondary N) is 1. The van der Waals surface area contributed by atoms with Gasteiger partial charge in [0, 0.05) is 26.0 Å². The first-order valence-corrected chi connectivity index (χ1v) is 5.52. The highest BCUT2D eigenvalue weighted by molar-refractivity contribution is 5.10. The van der Waals surface area contributed by atoms with Gasteiger partial charge in [-0.1, -0.05) is 13.8 Å². The van der Waals surface area contributed by atoms with Crippen LogP contribution in [0, 0.1) is 17.2 Å². The maximum absolute atomic E-state index is 9.22. The molecule has 15 heavy (non-hydrogen) atoms. The lowest BCUT2D eigenvalue weighted by Crippen LogP contribution is -2.52. The van der Waals surface area contributed by atoms with Gasteiger partial charge in [-0.05, 0) is 5.92 Å². The Hall–Kier alpha value is -0.630. The van der Waals surface area contributed by atoms with Crippen molar-refractivity contribution in [3.63, 3.8) is 0 Å². The van der Waals surface area contributed by atoms with Gasteiger partial charge < -0.3 is 9.84 Å². The van der Waals surface area contributed by atoms with Gasteiger partial charge in [-0.25, -0.2) is 0 Å². The molecule has 1 heterocycles. The molecule has 0 spiro atoms. The second-order valence-corrected chi connectivity index (χ2v) is 4.45. The van der Waals surface area contributed by atoms with Crippen molar-refractivity contribution >= 4 is 0 Å². The van der Waals surface area contributed by atoms with Gasteiger partial charge in [0.15, 0.2) is 0 Å². The smallest absolute Gasteiger partial charge is 0.111 e. The van der Waals surface area contributed by atoms with Crippen LogP contribution in [0.5, 0.6) is 0 Å². The first-order valence-electron chi connectivity index (χ1n) is 5.52. The molecule has 2 N–H and O–H groups in total. The van der Waals surface area contributed by atoms with Crippen molar-refractivity contribution < 1.29 is 9.84 Å². The lowest BCUT2D eigenvalue weighted by atomic mass is 9.84. The van der Waals surface area contributed by atoms with E-state index in [4.69, 9.17) is 9.84 Å². The van der Waals surface area contributed by atoms with E-state index in [0.717, 1.165) is 0 Å². The van der Waals surface area contributed by atoms with E-state index in [2.05, 4.69) is 25.2 Å². The summed E-state index contributed by atoms with van der Waals surface area (Å²) in [4.78, 5) is 0. The standard InChI is InChI=1S/C11H20N2O2/c1-9(2)10-7-11(8-12,3-6-15-10)13-4-5-14/h9-10,13-14H,3-7H2,1-2H3. The van der Waals surface area contributed by atoms with Crippen LogP contribution < -0.4 is 5.32 Å². The number of β-amino-alcohol motifs (C(OH)–C–C–N with tert-alkyl or cyclic N) is 1. The predicted octanol–water partition coefficient (Wildman–Crippen LogP) is 0.666. The van der Waals surface area contributed by atoms with Crippen LogP contribution in [-0.2, 0) is 4.74 Å². The second-order valence-electron chi connectivity index (χ2n) is 4.45. The molecule has 0 bridgehead atoms. The Bertz CT molecular complexity index is 237. The highest BCUT2D eigenvalue weighted by Gasteiger charge is 2.37. The van der Waals surface area contributed by atoms with Crippen LogP contribution in [0.4, 0.5) is 0 Å². The average Bonchev–Trinajstić information content (AvgIpc) is 2.26. The maximum atomic E-state index is 9.22. The minimum Gasteiger partial charge on any atom is -0.395 e. The molecular weight excluding hydrogens is 192 g/mol. The molecular formula is C11H20N2O2. The molecule has 1 fully saturated rings. The number of ether oxygens (including phenoxy) is 1. The van der Waals surface area contributed by atoms with Gasteiger partial charge in [0.2, 0.25) is 0 Å². The number of aliphatic hydroxyl groups excluding tert-OH is 1. The van der Waals surface area contributed by atoms with Crippen molar-refractivity contribution in [2.24, 2.45) is 5.92 Å². The summed E-state index contributed by atoms with van der Waals surface area (Å²) >= 11 is 0. The third-order valence-corrected chi connectivity index (χ3v) is 2.94. The quantitative estimate of drug-likeness (QED) is 0.718. The lowest BCUT2D eigenvalue weighted by molar-refractivity contribution is -0.0390. The molecule has 4 nitrogen and oxygen atoms in total. The van der Waals surface area contributed by atoms with Gasteiger partial charge in [-0.15, -0.1) is 0 Å². The molecule has 0 aromatic carbocycles. The van der Waals surface area contributed by atoms with Crippen molar-refractivity contribution in [3.05, 3.63) is 0 Å². The van der Waals surface area contributed by atoms with E-state index in [1.54, 1.807) is 0 Å². The Morgan fingerprint density at radius 2 is 2.40 bits per heavy atom. The summed E-state index contributed by atoms with van der Waals surface area (Å²) in [5.41, 5.74) is -0.504. The zero-order valence-corrected chi connectivity index (χ0v) is 9.49. The first kappa shape index (κ1) is 12.4. The summed E-state index contributed by atoms with van der Waals surface area (Å²) in [7, 11) is 0. The minimum absolute atomic E-state index is 0.0661. The summed E-state index contributed by atoms with van der Waals surface area (Å²) in [6, 6.07) is 2.33. The molecule has 0 radical (unpaired) electrons. The topological polar surface area (TPSA) is 65.3 Å². The molecule has 0 aliphatic carbocycles. The Kier molecular flexibility index (Phi) is 4.52. The average molecular weight is 212 g/mol. The van der Waals surface area contributed by atoms with E-state index >= 15 is 0 Å². The van der Waals surface area contributed by atoms with Crippen LogP contribution in [-0.4, -0.2) is 36.5 Å². The Balaban J connectivity index is 2.60. The SMILES string of the molecule is CC(C)C1CC(C#N)(NCCO)CCO1. The largest absolute Gasteiger partial charge is 0.395 e. The predicted molar refractivity (Wildman–Crippen MR) is 57.2 cm³/mol. The van der Waals surface area contributed by atoms with E-state index in [1.165, 1.54) is 0 Å². The van der Waals surface area contributed by atoms with Crippen LogP contribution in [0.25, 0.3) is 0 Å². The third-order valence-electron chi connectivity index (χ3n) is 2.94. The first-order chi connectivity index (χ1) is 7.13. The van der Waals surface area contributed by atoms with Gasteiger partial charge >= 0.3 is 0 Å². The number of hydrogen-bond acceptors (Lipinski definition) is 4.